The minimum atomic E-state index is -4.72. The number of halogens is 4. The Hall–Kier alpha value is -1.37. The van der Waals surface area contributed by atoms with E-state index in [1.54, 1.807) is 0 Å². The number of benzene rings is 1. The average molecular weight is 311 g/mol. The van der Waals surface area contributed by atoms with E-state index in [2.05, 4.69) is 20.7 Å². The predicted octanol–water partition coefficient (Wildman–Crippen LogP) is 2.82. The van der Waals surface area contributed by atoms with Crippen LogP contribution in [0, 0.1) is 0 Å². The first-order valence-electron chi connectivity index (χ1n) is 4.26. The summed E-state index contributed by atoms with van der Waals surface area (Å²) < 4.78 is 42.1. The molecule has 17 heavy (non-hydrogen) atoms. The number of alkyl halides is 3. The van der Waals surface area contributed by atoms with Gasteiger partial charge in [-0.2, -0.15) is 13.2 Å². The van der Waals surface area contributed by atoms with Crippen LogP contribution in [-0.2, 0) is 15.7 Å². The van der Waals surface area contributed by atoms with E-state index in [0.717, 1.165) is 19.2 Å². The van der Waals surface area contributed by atoms with Gasteiger partial charge in [-0.15, -0.1) is 0 Å². The van der Waals surface area contributed by atoms with Crippen LogP contribution in [0.25, 0.3) is 0 Å². The summed E-state index contributed by atoms with van der Waals surface area (Å²) in [6.45, 7) is 0. The maximum Gasteiger partial charge on any atom is 0.417 e. The van der Waals surface area contributed by atoms with Crippen molar-refractivity contribution in [3.05, 3.63) is 33.8 Å². The first-order valence-corrected chi connectivity index (χ1v) is 5.06. The second-order valence-electron chi connectivity index (χ2n) is 3.01. The second kappa shape index (κ2) is 4.87. The summed E-state index contributed by atoms with van der Waals surface area (Å²) in [5, 5.41) is 0. The Bertz CT molecular complexity index is 468. The van der Waals surface area contributed by atoms with E-state index >= 15 is 0 Å². The summed E-state index contributed by atoms with van der Waals surface area (Å²) in [6.07, 6.45) is -4.72. The monoisotopic (exact) mass is 310 g/mol. The molecule has 0 atom stereocenters. The number of methoxy groups -OCH3 is 1. The van der Waals surface area contributed by atoms with Gasteiger partial charge in [0.05, 0.1) is 12.7 Å². The lowest BCUT2D eigenvalue weighted by Gasteiger charge is -2.11. The van der Waals surface area contributed by atoms with Crippen molar-refractivity contribution in [2.24, 2.45) is 0 Å². The molecule has 0 spiro atoms. The predicted molar refractivity (Wildman–Crippen MR) is 55.5 cm³/mol. The zero-order valence-electron chi connectivity index (χ0n) is 8.47. The molecule has 0 aliphatic carbocycles. The van der Waals surface area contributed by atoms with Gasteiger partial charge in [-0.25, -0.2) is 4.79 Å². The quantitative estimate of drug-likeness (QED) is 0.479. The van der Waals surface area contributed by atoms with Crippen molar-refractivity contribution >= 4 is 27.7 Å². The number of Topliss-reactive ketones (excluding diaryl/α,β-unsaturated/α-hetero) is 1. The fraction of sp³-hybridized carbons (Fsp3) is 0.200. The van der Waals surface area contributed by atoms with Crippen molar-refractivity contribution in [3.8, 4) is 0 Å². The van der Waals surface area contributed by atoms with Crippen LogP contribution < -0.4 is 0 Å². The van der Waals surface area contributed by atoms with Crippen LogP contribution in [-0.4, -0.2) is 18.9 Å². The van der Waals surface area contributed by atoms with Gasteiger partial charge in [0.15, 0.2) is 0 Å². The van der Waals surface area contributed by atoms with E-state index < -0.39 is 29.1 Å². The van der Waals surface area contributed by atoms with Crippen molar-refractivity contribution in [2.45, 2.75) is 6.18 Å². The number of carbonyl (C=O) groups excluding carboxylic acids is 2. The molecule has 0 bridgehead atoms. The highest BCUT2D eigenvalue weighted by Crippen LogP contribution is 2.34. The fourth-order valence-electron chi connectivity index (χ4n) is 1.15. The van der Waals surface area contributed by atoms with Gasteiger partial charge in [0.2, 0.25) is 0 Å². The topological polar surface area (TPSA) is 43.4 Å². The van der Waals surface area contributed by atoms with Crippen LogP contribution in [0.15, 0.2) is 22.7 Å². The standard InChI is InChI=1S/C10H6BrF3O3/c1-17-9(16)8(15)6-3-2-5(11)4-7(6)10(12,13)14/h2-4H,1H3. The highest BCUT2D eigenvalue weighted by molar-refractivity contribution is 9.10. The van der Waals surface area contributed by atoms with E-state index in [9.17, 15) is 22.8 Å². The molecule has 0 saturated carbocycles. The van der Waals surface area contributed by atoms with Gasteiger partial charge in [-0.05, 0) is 18.2 Å². The van der Waals surface area contributed by atoms with Crippen LogP contribution in [0.4, 0.5) is 13.2 Å². The third-order valence-electron chi connectivity index (χ3n) is 1.90. The third-order valence-corrected chi connectivity index (χ3v) is 2.40. The summed E-state index contributed by atoms with van der Waals surface area (Å²) in [5.74, 6) is -2.66. The summed E-state index contributed by atoms with van der Waals surface area (Å²) in [5.41, 5.74) is -1.91. The lowest BCUT2D eigenvalue weighted by atomic mass is 10.0. The molecule has 0 aliphatic rings. The SMILES string of the molecule is COC(=O)C(=O)c1ccc(Br)cc1C(F)(F)F. The number of hydrogen-bond acceptors (Lipinski definition) is 3. The van der Waals surface area contributed by atoms with Crippen LogP contribution in [0.3, 0.4) is 0 Å². The van der Waals surface area contributed by atoms with Crippen LogP contribution >= 0.6 is 15.9 Å². The molecule has 0 N–H and O–H groups in total. The average Bonchev–Trinajstić information content (AvgIpc) is 2.25. The molecule has 1 rings (SSSR count). The first kappa shape index (κ1) is 13.7. The molecule has 0 fully saturated rings. The number of hydrogen-bond donors (Lipinski definition) is 0. The highest BCUT2D eigenvalue weighted by Gasteiger charge is 2.36. The molecule has 0 unspecified atom stereocenters. The van der Waals surface area contributed by atoms with E-state index in [-0.39, 0.29) is 4.47 Å². The lowest BCUT2D eigenvalue weighted by molar-refractivity contribution is -0.138. The van der Waals surface area contributed by atoms with Gasteiger partial charge < -0.3 is 4.74 Å². The van der Waals surface area contributed by atoms with Gasteiger partial charge >= 0.3 is 12.1 Å². The molecule has 0 radical (unpaired) electrons. The third kappa shape index (κ3) is 3.06. The van der Waals surface area contributed by atoms with Gasteiger partial charge in [0.25, 0.3) is 5.78 Å². The normalized spacial score (nSPS) is 11.1. The van der Waals surface area contributed by atoms with E-state index in [1.807, 2.05) is 0 Å². The molecular formula is C10H6BrF3O3. The number of ketones is 1. The Labute approximate surface area is 103 Å². The summed E-state index contributed by atoms with van der Waals surface area (Å²) in [4.78, 5) is 22.3. The number of carbonyl (C=O) groups is 2. The van der Waals surface area contributed by atoms with E-state index in [0.29, 0.717) is 0 Å². The Morgan fingerprint density at radius 3 is 2.35 bits per heavy atom. The van der Waals surface area contributed by atoms with Gasteiger partial charge in [-0.3, -0.25) is 4.79 Å². The molecule has 0 aliphatic heterocycles. The van der Waals surface area contributed by atoms with Crippen LogP contribution in [0.2, 0.25) is 0 Å². The van der Waals surface area contributed by atoms with E-state index in [1.165, 1.54) is 6.07 Å². The molecule has 0 aromatic heterocycles. The maximum atomic E-state index is 12.6. The Morgan fingerprint density at radius 1 is 1.29 bits per heavy atom. The van der Waals surface area contributed by atoms with Crippen LogP contribution in [0.5, 0.6) is 0 Å². The lowest BCUT2D eigenvalue weighted by Crippen LogP contribution is -2.20. The molecule has 0 amide bonds. The van der Waals surface area contributed by atoms with Crippen molar-refractivity contribution in [1.29, 1.82) is 0 Å². The Balaban J connectivity index is 3.34. The number of rotatable bonds is 2. The molecule has 0 saturated heterocycles. The molecule has 3 nitrogen and oxygen atoms in total. The van der Waals surface area contributed by atoms with Crippen molar-refractivity contribution in [1.82, 2.24) is 0 Å². The zero-order chi connectivity index (χ0) is 13.2. The summed E-state index contributed by atoms with van der Waals surface area (Å²) in [7, 11) is 0.923. The number of ether oxygens (including phenoxy) is 1. The van der Waals surface area contributed by atoms with Gasteiger partial charge in [0, 0.05) is 10.0 Å². The zero-order valence-corrected chi connectivity index (χ0v) is 10.1. The first-order chi connectivity index (χ1) is 7.77. The largest absolute Gasteiger partial charge is 0.463 e. The molecule has 1 aromatic carbocycles. The molecule has 7 heteroatoms. The molecule has 92 valence electrons. The maximum absolute atomic E-state index is 12.6. The minimum absolute atomic E-state index is 0.159. The van der Waals surface area contributed by atoms with Gasteiger partial charge in [0.1, 0.15) is 0 Å². The second-order valence-corrected chi connectivity index (χ2v) is 3.92. The summed E-state index contributed by atoms with van der Waals surface area (Å²) >= 11 is 2.86. The highest BCUT2D eigenvalue weighted by atomic mass is 79.9. The summed E-state index contributed by atoms with van der Waals surface area (Å²) in [6, 6.07) is 2.90. The Kier molecular flexibility index (Phi) is 3.92. The van der Waals surface area contributed by atoms with Crippen molar-refractivity contribution in [2.75, 3.05) is 7.11 Å². The van der Waals surface area contributed by atoms with E-state index in [4.69, 9.17) is 0 Å². The smallest absolute Gasteiger partial charge is 0.417 e. The molecule has 0 heterocycles. The minimum Gasteiger partial charge on any atom is -0.463 e. The fourth-order valence-corrected chi connectivity index (χ4v) is 1.51. The van der Waals surface area contributed by atoms with Crippen molar-refractivity contribution in [3.63, 3.8) is 0 Å². The Morgan fingerprint density at radius 2 is 1.88 bits per heavy atom. The molecule has 1 aromatic rings. The number of esters is 1. The van der Waals surface area contributed by atoms with Gasteiger partial charge in [-0.1, -0.05) is 15.9 Å². The van der Waals surface area contributed by atoms with Crippen molar-refractivity contribution < 1.29 is 27.5 Å². The van der Waals surface area contributed by atoms with Crippen LogP contribution in [0.1, 0.15) is 15.9 Å². The molecular weight excluding hydrogens is 305 g/mol.